The summed E-state index contributed by atoms with van der Waals surface area (Å²) in [6.45, 7) is 2.54. The summed E-state index contributed by atoms with van der Waals surface area (Å²) in [6.07, 6.45) is 11.1. The third-order valence-electron chi connectivity index (χ3n) is 6.50. The van der Waals surface area contributed by atoms with Crippen molar-refractivity contribution < 1.29 is 13.2 Å². The number of aryl methyl sites for hydroxylation is 2. The molecular formula is C25H34N4O3S. The number of benzene rings is 1. The molecule has 2 aromatic rings. The lowest BCUT2D eigenvalue weighted by molar-refractivity contribution is -0.121. The lowest BCUT2D eigenvalue weighted by Gasteiger charge is -2.21. The van der Waals surface area contributed by atoms with E-state index in [2.05, 4.69) is 19.9 Å². The number of amides is 1. The average molecular weight is 471 g/mol. The van der Waals surface area contributed by atoms with E-state index < -0.39 is 10.0 Å². The van der Waals surface area contributed by atoms with Crippen molar-refractivity contribution in [3.05, 3.63) is 53.2 Å². The van der Waals surface area contributed by atoms with Crippen molar-refractivity contribution in [3.8, 4) is 0 Å². The molecule has 178 valence electrons. The number of hydrogen-bond donors (Lipinski definition) is 2. The van der Waals surface area contributed by atoms with Gasteiger partial charge in [0.05, 0.1) is 4.90 Å². The zero-order valence-electron chi connectivity index (χ0n) is 19.2. The summed E-state index contributed by atoms with van der Waals surface area (Å²) in [6, 6.07) is 9.36. The van der Waals surface area contributed by atoms with E-state index in [0.29, 0.717) is 6.54 Å². The summed E-state index contributed by atoms with van der Waals surface area (Å²) in [5.74, 6) is 0.795. The molecule has 1 aromatic carbocycles. The highest BCUT2D eigenvalue weighted by Crippen LogP contribution is 2.24. The van der Waals surface area contributed by atoms with Crippen molar-refractivity contribution in [2.75, 3.05) is 24.5 Å². The molecule has 33 heavy (non-hydrogen) atoms. The van der Waals surface area contributed by atoms with Crippen LogP contribution in [0.5, 0.6) is 0 Å². The zero-order valence-corrected chi connectivity index (χ0v) is 20.0. The summed E-state index contributed by atoms with van der Waals surface area (Å²) < 4.78 is 27.8. The molecule has 7 nitrogen and oxygen atoms in total. The Bertz CT molecular complexity index is 1050. The van der Waals surface area contributed by atoms with Gasteiger partial charge in [-0.1, -0.05) is 25.0 Å². The Labute approximate surface area is 197 Å². The molecule has 8 heteroatoms. The van der Waals surface area contributed by atoms with E-state index in [1.807, 2.05) is 18.2 Å². The first-order valence-corrected chi connectivity index (χ1v) is 13.6. The number of aromatic nitrogens is 1. The number of nitrogens with one attached hydrogen (secondary N) is 2. The maximum Gasteiger partial charge on any atom is 0.240 e. The predicted octanol–water partition coefficient (Wildman–Crippen LogP) is 3.33. The van der Waals surface area contributed by atoms with Gasteiger partial charge in [-0.2, -0.15) is 0 Å². The van der Waals surface area contributed by atoms with Crippen LogP contribution in [0, 0.1) is 0 Å². The molecule has 1 fully saturated rings. The maximum atomic E-state index is 12.6. The normalized spacial score (nSPS) is 16.7. The molecule has 1 amide bonds. The van der Waals surface area contributed by atoms with E-state index in [1.165, 1.54) is 31.2 Å². The topological polar surface area (TPSA) is 91.4 Å². The highest BCUT2D eigenvalue weighted by molar-refractivity contribution is 7.89. The molecule has 2 N–H and O–H groups in total. The number of sulfonamides is 1. The minimum absolute atomic E-state index is 0.0669. The van der Waals surface area contributed by atoms with Gasteiger partial charge >= 0.3 is 0 Å². The van der Waals surface area contributed by atoms with Crippen LogP contribution in [-0.2, 0) is 34.2 Å². The summed E-state index contributed by atoms with van der Waals surface area (Å²) in [5.41, 5.74) is 3.29. The molecule has 0 spiro atoms. The van der Waals surface area contributed by atoms with Gasteiger partial charge in [-0.05, 0) is 73.4 Å². The minimum Gasteiger partial charge on any atom is -0.357 e. The molecule has 0 atom stereocenters. The SMILES string of the molecule is O=C(CCNS(=O)(=O)c1ccc2c(c1)CCCC2)NCc1ccc(N2CCCCCC2)nc1. The van der Waals surface area contributed by atoms with Gasteiger partial charge in [0.25, 0.3) is 0 Å². The predicted molar refractivity (Wildman–Crippen MR) is 130 cm³/mol. The Morgan fingerprint density at radius 1 is 0.939 bits per heavy atom. The first-order valence-electron chi connectivity index (χ1n) is 12.1. The number of fused-ring (bicyclic) bond motifs is 1. The zero-order chi connectivity index (χ0) is 23.1. The van der Waals surface area contributed by atoms with Gasteiger partial charge in [0.15, 0.2) is 0 Å². The summed E-state index contributed by atoms with van der Waals surface area (Å²) in [5, 5.41) is 2.85. The van der Waals surface area contributed by atoms with Crippen LogP contribution < -0.4 is 14.9 Å². The molecule has 2 heterocycles. The molecule has 0 radical (unpaired) electrons. The fraction of sp³-hybridized carbons (Fsp3) is 0.520. The van der Waals surface area contributed by atoms with Crippen LogP contribution >= 0.6 is 0 Å². The van der Waals surface area contributed by atoms with Gasteiger partial charge in [-0.15, -0.1) is 0 Å². The van der Waals surface area contributed by atoms with Crippen LogP contribution in [0.3, 0.4) is 0 Å². The van der Waals surface area contributed by atoms with Crippen LogP contribution in [0.2, 0.25) is 0 Å². The smallest absolute Gasteiger partial charge is 0.240 e. The lowest BCUT2D eigenvalue weighted by Crippen LogP contribution is -2.30. The number of hydrogen-bond acceptors (Lipinski definition) is 5. The monoisotopic (exact) mass is 470 g/mol. The number of rotatable bonds is 8. The van der Waals surface area contributed by atoms with E-state index in [4.69, 9.17) is 0 Å². The number of anilines is 1. The molecule has 0 saturated carbocycles. The maximum absolute atomic E-state index is 12.6. The van der Waals surface area contributed by atoms with Crippen LogP contribution in [0.1, 0.15) is 61.6 Å². The van der Waals surface area contributed by atoms with E-state index >= 15 is 0 Å². The average Bonchev–Trinajstić information content (AvgIpc) is 3.12. The number of carbonyl (C=O) groups is 1. The Balaban J connectivity index is 1.21. The third-order valence-corrected chi connectivity index (χ3v) is 7.96. The van der Waals surface area contributed by atoms with Gasteiger partial charge in [0.2, 0.25) is 15.9 Å². The van der Waals surface area contributed by atoms with Crippen molar-refractivity contribution in [2.45, 2.75) is 69.2 Å². The largest absolute Gasteiger partial charge is 0.357 e. The van der Waals surface area contributed by atoms with Crippen LogP contribution in [0.4, 0.5) is 5.82 Å². The van der Waals surface area contributed by atoms with Gasteiger partial charge in [-0.3, -0.25) is 4.79 Å². The fourth-order valence-corrected chi connectivity index (χ4v) is 5.64. The summed E-state index contributed by atoms with van der Waals surface area (Å²) in [7, 11) is -3.62. The second-order valence-electron chi connectivity index (χ2n) is 8.99. The van der Waals surface area contributed by atoms with Crippen molar-refractivity contribution in [1.29, 1.82) is 0 Å². The first kappa shape index (κ1) is 23.7. The first-order chi connectivity index (χ1) is 16.0. The molecule has 1 aliphatic heterocycles. The van der Waals surface area contributed by atoms with Crippen LogP contribution in [0.25, 0.3) is 0 Å². The lowest BCUT2D eigenvalue weighted by atomic mass is 9.92. The fourth-order valence-electron chi connectivity index (χ4n) is 4.56. The Hall–Kier alpha value is -2.45. The molecule has 0 unspecified atom stereocenters. The minimum atomic E-state index is -3.62. The van der Waals surface area contributed by atoms with Crippen molar-refractivity contribution in [3.63, 3.8) is 0 Å². The van der Waals surface area contributed by atoms with Gasteiger partial charge in [-0.25, -0.2) is 18.1 Å². The summed E-state index contributed by atoms with van der Waals surface area (Å²) >= 11 is 0. The molecule has 0 bridgehead atoms. The second kappa shape index (κ2) is 11.1. The van der Waals surface area contributed by atoms with Gasteiger partial charge in [0.1, 0.15) is 5.82 Å². The van der Waals surface area contributed by atoms with E-state index in [0.717, 1.165) is 55.7 Å². The standard InChI is InChI=1S/C25H34N4O3S/c30-25(27-19-20-9-12-24(26-18-20)29-15-5-1-2-6-16-29)13-14-28-33(31,32)23-11-10-21-7-3-4-8-22(21)17-23/h9-12,17-18,28H,1-8,13-16,19H2,(H,27,30). The molecule has 4 rings (SSSR count). The van der Waals surface area contributed by atoms with E-state index in [1.54, 1.807) is 18.3 Å². The molecular weight excluding hydrogens is 436 g/mol. The third kappa shape index (κ3) is 6.54. The van der Waals surface area contributed by atoms with E-state index in [9.17, 15) is 13.2 Å². The van der Waals surface area contributed by atoms with Crippen molar-refractivity contribution >= 4 is 21.7 Å². The number of carbonyl (C=O) groups excluding carboxylic acids is 1. The Kier molecular flexibility index (Phi) is 7.98. The molecule has 2 aliphatic rings. The van der Waals surface area contributed by atoms with Crippen LogP contribution in [-0.4, -0.2) is 38.9 Å². The van der Waals surface area contributed by atoms with Crippen molar-refractivity contribution in [1.82, 2.24) is 15.0 Å². The van der Waals surface area contributed by atoms with Crippen LogP contribution in [0.15, 0.2) is 41.4 Å². The molecule has 1 aromatic heterocycles. The second-order valence-corrected chi connectivity index (χ2v) is 10.8. The van der Waals surface area contributed by atoms with E-state index in [-0.39, 0.29) is 23.8 Å². The number of pyridine rings is 1. The summed E-state index contributed by atoms with van der Waals surface area (Å²) in [4.78, 5) is 19.4. The highest BCUT2D eigenvalue weighted by Gasteiger charge is 2.18. The Morgan fingerprint density at radius 2 is 1.70 bits per heavy atom. The quantitative estimate of drug-likeness (QED) is 0.618. The van der Waals surface area contributed by atoms with Gasteiger partial charge < -0.3 is 10.2 Å². The molecule has 1 saturated heterocycles. The Morgan fingerprint density at radius 3 is 2.42 bits per heavy atom. The number of nitrogens with zero attached hydrogens (tertiary/aromatic N) is 2. The van der Waals surface area contributed by atoms with Crippen molar-refractivity contribution in [2.24, 2.45) is 0 Å². The highest BCUT2D eigenvalue weighted by atomic mass is 32.2. The van der Waals surface area contributed by atoms with Gasteiger partial charge in [0, 0.05) is 38.8 Å². The molecule has 1 aliphatic carbocycles.